The SMILES string of the molecule is CCCN(CCC)c1ccnc(Nc2ccc(C)c(Br)c2)n1. The van der Waals surface area contributed by atoms with Crippen LogP contribution >= 0.6 is 15.9 Å². The fraction of sp³-hybridized carbons (Fsp3) is 0.412. The average molecular weight is 363 g/mol. The van der Waals surface area contributed by atoms with Crippen molar-refractivity contribution in [3.8, 4) is 0 Å². The van der Waals surface area contributed by atoms with Gasteiger partial charge < -0.3 is 10.2 Å². The average Bonchev–Trinajstić information content (AvgIpc) is 2.51. The third kappa shape index (κ3) is 4.44. The van der Waals surface area contributed by atoms with Crippen LogP contribution in [0.15, 0.2) is 34.9 Å². The first-order valence-electron chi connectivity index (χ1n) is 7.75. The van der Waals surface area contributed by atoms with Gasteiger partial charge in [0.1, 0.15) is 5.82 Å². The quantitative estimate of drug-likeness (QED) is 0.758. The fourth-order valence-corrected chi connectivity index (χ4v) is 2.64. The molecule has 1 N–H and O–H groups in total. The second-order valence-electron chi connectivity index (χ2n) is 5.31. The summed E-state index contributed by atoms with van der Waals surface area (Å²) in [6.45, 7) is 8.47. The van der Waals surface area contributed by atoms with E-state index >= 15 is 0 Å². The van der Waals surface area contributed by atoms with Gasteiger partial charge in [-0.05, 0) is 43.5 Å². The lowest BCUT2D eigenvalue weighted by Gasteiger charge is -2.22. The molecule has 1 aromatic heterocycles. The summed E-state index contributed by atoms with van der Waals surface area (Å²) in [7, 11) is 0. The van der Waals surface area contributed by atoms with Crippen LogP contribution in [-0.2, 0) is 0 Å². The number of rotatable bonds is 7. The first kappa shape index (κ1) is 16.7. The Labute approximate surface area is 141 Å². The maximum absolute atomic E-state index is 4.65. The number of nitrogens with zero attached hydrogens (tertiary/aromatic N) is 3. The van der Waals surface area contributed by atoms with Gasteiger partial charge in [0.15, 0.2) is 0 Å². The van der Waals surface area contributed by atoms with Crippen LogP contribution in [-0.4, -0.2) is 23.1 Å². The monoisotopic (exact) mass is 362 g/mol. The van der Waals surface area contributed by atoms with E-state index in [0.29, 0.717) is 5.95 Å². The first-order valence-corrected chi connectivity index (χ1v) is 8.54. The van der Waals surface area contributed by atoms with E-state index in [0.717, 1.165) is 41.9 Å². The normalized spacial score (nSPS) is 10.5. The van der Waals surface area contributed by atoms with E-state index in [2.05, 4.69) is 63.0 Å². The molecular weight excluding hydrogens is 340 g/mol. The van der Waals surface area contributed by atoms with Crippen LogP contribution in [0.2, 0.25) is 0 Å². The molecule has 0 amide bonds. The predicted octanol–water partition coefficient (Wildman–Crippen LogP) is 4.92. The highest BCUT2D eigenvalue weighted by Gasteiger charge is 2.08. The first-order chi connectivity index (χ1) is 10.6. The molecule has 22 heavy (non-hydrogen) atoms. The van der Waals surface area contributed by atoms with Gasteiger partial charge in [0.05, 0.1) is 0 Å². The highest BCUT2D eigenvalue weighted by Crippen LogP contribution is 2.23. The minimum absolute atomic E-state index is 0.630. The van der Waals surface area contributed by atoms with Crippen molar-refractivity contribution in [1.29, 1.82) is 0 Å². The summed E-state index contributed by atoms with van der Waals surface area (Å²) in [5, 5.41) is 3.27. The summed E-state index contributed by atoms with van der Waals surface area (Å²) < 4.78 is 1.08. The molecule has 0 saturated heterocycles. The van der Waals surface area contributed by atoms with Crippen LogP contribution in [0, 0.1) is 6.92 Å². The van der Waals surface area contributed by atoms with Gasteiger partial charge in [0.25, 0.3) is 0 Å². The number of benzene rings is 1. The molecule has 0 atom stereocenters. The van der Waals surface area contributed by atoms with Crippen LogP contribution in [0.5, 0.6) is 0 Å². The highest BCUT2D eigenvalue weighted by molar-refractivity contribution is 9.10. The number of halogens is 1. The number of aromatic nitrogens is 2. The summed E-state index contributed by atoms with van der Waals surface area (Å²) in [6, 6.07) is 8.12. The van der Waals surface area contributed by atoms with E-state index < -0.39 is 0 Å². The molecule has 0 unspecified atom stereocenters. The molecule has 0 bridgehead atoms. The maximum Gasteiger partial charge on any atom is 0.229 e. The molecule has 0 radical (unpaired) electrons. The number of aryl methyl sites for hydroxylation is 1. The van der Waals surface area contributed by atoms with Crippen molar-refractivity contribution in [2.75, 3.05) is 23.3 Å². The van der Waals surface area contributed by atoms with Crippen LogP contribution in [0.1, 0.15) is 32.3 Å². The lowest BCUT2D eigenvalue weighted by molar-refractivity contribution is 0.733. The van der Waals surface area contributed by atoms with Crippen molar-refractivity contribution >= 4 is 33.4 Å². The smallest absolute Gasteiger partial charge is 0.229 e. The molecule has 5 heteroatoms. The minimum Gasteiger partial charge on any atom is -0.356 e. The predicted molar refractivity (Wildman–Crippen MR) is 97.0 cm³/mol. The lowest BCUT2D eigenvalue weighted by atomic mass is 10.2. The van der Waals surface area contributed by atoms with Crippen molar-refractivity contribution in [3.05, 3.63) is 40.5 Å². The molecule has 0 aliphatic rings. The van der Waals surface area contributed by atoms with E-state index in [4.69, 9.17) is 0 Å². The summed E-state index contributed by atoms with van der Waals surface area (Å²) in [5.41, 5.74) is 2.18. The number of anilines is 3. The van der Waals surface area contributed by atoms with E-state index in [1.165, 1.54) is 5.56 Å². The Morgan fingerprint density at radius 1 is 1.14 bits per heavy atom. The number of hydrogen-bond acceptors (Lipinski definition) is 4. The molecule has 0 aliphatic carbocycles. The standard InChI is InChI=1S/C17H23BrN4/c1-4-10-22(11-5-2)16-8-9-19-17(21-16)20-14-7-6-13(3)15(18)12-14/h6-9,12H,4-5,10-11H2,1-3H3,(H,19,20,21). The molecule has 4 nitrogen and oxygen atoms in total. The summed E-state index contributed by atoms with van der Waals surface area (Å²) >= 11 is 3.55. The van der Waals surface area contributed by atoms with Crippen molar-refractivity contribution in [1.82, 2.24) is 9.97 Å². The molecule has 1 heterocycles. The summed E-state index contributed by atoms with van der Waals surface area (Å²) in [6.07, 6.45) is 4.03. The molecule has 0 saturated carbocycles. The van der Waals surface area contributed by atoms with Crippen LogP contribution < -0.4 is 10.2 Å². The molecule has 0 fully saturated rings. The van der Waals surface area contributed by atoms with Gasteiger partial charge in [-0.1, -0.05) is 35.8 Å². The van der Waals surface area contributed by atoms with Crippen molar-refractivity contribution in [2.24, 2.45) is 0 Å². The molecular formula is C17H23BrN4. The lowest BCUT2D eigenvalue weighted by Crippen LogP contribution is -2.26. The van der Waals surface area contributed by atoms with Crippen molar-refractivity contribution in [2.45, 2.75) is 33.6 Å². The van der Waals surface area contributed by atoms with E-state index in [-0.39, 0.29) is 0 Å². The third-order valence-electron chi connectivity index (χ3n) is 3.38. The summed E-state index contributed by atoms with van der Waals surface area (Å²) in [4.78, 5) is 11.3. The molecule has 1 aromatic carbocycles. The zero-order valence-corrected chi connectivity index (χ0v) is 15.0. The van der Waals surface area contributed by atoms with Crippen molar-refractivity contribution < 1.29 is 0 Å². The Morgan fingerprint density at radius 2 is 1.86 bits per heavy atom. The zero-order chi connectivity index (χ0) is 15.9. The van der Waals surface area contributed by atoms with E-state index in [9.17, 15) is 0 Å². The highest BCUT2D eigenvalue weighted by atomic mass is 79.9. The Balaban J connectivity index is 2.18. The van der Waals surface area contributed by atoms with Gasteiger partial charge in [-0.15, -0.1) is 0 Å². The molecule has 0 aliphatic heterocycles. The van der Waals surface area contributed by atoms with Crippen molar-refractivity contribution in [3.63, 3.8) is 0 Å². The Bertz CT molecular complexity index is 609. The number of hydrogen-bond donors (Lipinski definition) is 1. The van der Waals surface area contributed by atoms with Crippen LogP contribution in [0.4, 0.5) is 17.5 Å². The van der Waals surface area contributed by atoms with Crippen LogP contribution in [0.25, 0.3) is 0 Å². The van der Waals surface area contributed by atoms with Gasteiger partial charge in [-0.3, -0.25) is 0 Å². The van der Waals surface area contributed by atoms with Gasteiger partial charge in [0.2, 0.25) is 5.95 Å². The van der Waals surface area contributed by atoms with E-state index in [1.54, 1.807) is 0 Å². The largest absolute Gasteiger partial charge is 0.356 e. The van der Waals surface area contributed by atoms with Gasteiger partial charge in [-0.25, -0.2) is 4.98 Å². The topological polar surface area (TPSA) is 41.1 Å². The molecule has 0 spiro atoms. The van der Waals surface area contributed by atoms with Crippen LogP contribution in [0.3, 0.4) is 0 Å². The maximum atomic E-state index is 4.65. The molecule has 2 aromatic rings. The third-order valence-corrected chi connectivity index (χ3v) is 4.23. The second-order valence-corrected chi connectivity index (χ2v) is 6.17. The number of nitrogens with one attached hydrogen (secondary N) is 1. The second kappa shape index (κ2) is 8.13. The minimum atomic E-state index is 0.630. The zero-order valence-electron chi connectivity index (χ0n) is 13.4. The van der Waals surface area contributed by atoms with Gasteiger partial charge in [0, 0.05) is 29.4 Å². The van der Waals surface area contributed by atoms with Gasteiger partial charge >= 0.3 is 0 Å². The molecule has 118 valence electrons. The summed E-state index contributed by atoms with van der Waals surface area (Å²) in [5.74, 6) is 1.61. The Morgan fingerprint density at radius 3 is 2.50 bits per heavy atom. The fourth-order valence-electron chi connectivity index (χ4n) is 2.27. The van der Waals surface area contributed by atoms with Gasteiger partial charge in [-0.2, -0.15) is 4.98 Å². The molecule has 2 rings (SSSR count). The van der Waals surface area contributed by atoms with E-state index in [1.807, 2.05) is 24.4 Å². The Kier molecular flexibility index (Phi) is 6.19. The Hall–Kier alpha value is -1.62.